The van der Waals surface area contributed by atoms with Crippen molar-refractivity contribution in [2.24, 2.45) is 11.7 Å². The van der Waals surface area contributed by atoms with Crippen LogP contribution in [0.2, 0.25) is 0 Å². The second kappa shape index (κ2) is 5.63. The van der Waals surface area contributed by atoms with Crippen LogP contribution in [0.4, 0.5) is 5.69 Å². The van der Waals surface area contributed by atoms with Gasteiger partial charge in [0.05, 0.1) is 29.8 Å². The molecule has 1 fully saturated rings. The predicted octanol–water partition coefficient (Wildman–Crippen LogP) is 0.183. The van der Waals surface area contributed by atoms with E-state index < -0.39 is 17.8 Å². The zero-order chi connectivity index (χ0) is 15.6. The van der Waals surface area contributed by atoms with E-state index in [9.17, 15) is 19.6 Å². The number of amides is 2. The third-order valence-corrected chi connectivity index (χ3v) is 3.36. The van der Waals surface area contributed by atoms with Gasteiger partial charge in [-0.05, 0) is 18.2 Å². The summed E-state index contributed by atoms with van der Waals surface area (Å²) in [7, 11) is 1.24. The topological polar surface area (TPSA) is 113 Å². The molecular weight excluding hydrogens is 274 g/mol. The first-order chi connectivity index (χ1) is 9.97. The van der Waals surface area contributed by atoms with Crippen LogP contribution in [-0.4, -0.2) is 31.4 Å². The number of primary amides is 1. The van der Waals surface area contributed by atoms with Gasteiger partial charge in [0.15, 0.2) is 0 Å². The van der Waals surface area contributed by atoms with Crippen LogP contribution in [0, 0.1) is 17.2 Å². The number of carbonyl (C=O) groups excluding carboxylic acids is 3. The molecule has 0 spiro atoms. The van der Waals surface area contributed by atoms with Crippen molar-refractivity contribution in [1.82, 2.24) is 0 Å². The Bertz CT molecular complexity index is 663. The van der Waals surface area contributed by atoms with E-state index in [0.29, 0.717) is 5.69 Å². The summed E-state index contributed by atoms with van der Waals surface area (Å²) in [5.74, 6) is -1.96. The van der Waals surface area contributed by atoms with Gasteiger partial charge >= 0.3 is 5.97 Å². The number of esters is 1. The Morgan fingerprint density at radius 1 is 1.48 bits per heavy atom. The molecule has 1 unspecified atom stereocenters. The lowest BCUT2D eigenvalue weighted by molar-refractivity contribution is -0.123. The van der Waals surface area contributed by atoms with Crippen LogP contribution in [0.25, 0.3) is 0 Å². The second-order valence-electron chi connectivity index (χ2n) is 4.64. The summed E-state index contributed by atoms with van der Waals surface area (Å²) >= 11 is 0. The quantitative estimate of drug-likeness (QED) is 0.797. The highest BCUT2D eigenvalue weighted by atomic mass is 16.5. The van der Waals surface area contributed by atoms with Gasteiger partial charge in [-0.25, -0.2) is 4.79 Å². The SMILES string of the molecule is COC(=O)c1ccc(N2CC(C(N)=O)CC2=O)c(C#N)c1. The van der Waals surface area contributed by atoms with Gasteiger partial charge in [-0.15, -0.1) is 0 Å². The van der Waals surface area contributed by atoms with Crippen LogP contribution in [-0.2, 0) is 14.3 Å². The van der Waals surface area contributed by atoms with E-state index in [2.05, 4.69) is 4.74 Å². The summed E-state index contributed by atoms with van der Waals surface area (Å²) < 4.78 is 4.58. The number of benzene rings is 1. The lowest BCUT2D eigenvalue weighted by Crippen LogP contribution is -2.29. The van der Waals surface area contributed by atoms with Crippen LogP contribution < -0.4 is 10.6 Å². The Balaban J connectivity index is 2.37. The average Bonchev–Trinajstić information content (AvgIpc) is 2.87. The second-order valence-corrected chi connectivity index (χ2v) is 4.64. The molecule has 0 saturated carbocycles. The molecule has 0 aliphatic carbocycles. The van der Waals surface area contributed by atoms with Gasteiger partial charge in [-0.3, -0.25) is 9.59 Å². The van der Waals surface area contributed by atoms with Gasteiger partial charge < -0.3 is 15.4 Å². The molecule has 1 heterocycles. The molecule has 108 valence electrons. The normalized spacial score (nSPS) is 17.4. The van der Waals surface area contributed by atoms with Crippen molar-refractivity contribution in [1.29, 1.82) is 5.26 Å². The molecular formula is C14H13N3O4. The zero-order valence-electron chi connectivity index (χ0n) is 11.3. The molecule has 1 saturated heterocycles. The predicted molar refractivity (Wildman–Crippen MR) is 72.2 cm³/mol. The maximum Gasteiger partial charge on any atom is 0.337 e. The fourth-order valence-electron chi connectivity index (χ4n) is 2.24. The highest BCUT2D eigenvalue weighted by molar-refractivity contribution is 6.01. The van der Waals surface area contributed by atoms with E-state index in [1.807, 2.05) is 6.07 Å². The van der Waals surface area contributed by atoms with Gasteiger partial charge in [-0.1, -0.05) is 0 Å². The molecule has 7 heteroatoms. The molecule has 0 radical (unpaired) electrons. The molecule has 1 aromatic carbocycles. The van der Waals surface area contributed by atoms with E-state index >= 15 is 0 Å². The molecule has 2 N–H and O–H groups in total. The summed E-state index contributed by atoms with van der Waals surface area (Å²) in [6, 6.07) is 6.25. The zero-order valence-corrected chi connectivity index (χ0v) is 11.3. The first kappa shape index (κ1) is 14.5. The van der Waals surface area contributed by atoms with Gasteiger partial charge in [0.25, 0.3) is 0 Å². The Morgan fingerprint density at radius 2 is 2.19 bits per heavy atom. The third kappa shape index (κ3) is 2.69. The first-order valence-corrected chi connectivity index (χ1v) is 6.20. The van der Waals surface area contributed by atoms with Crippen LogP contribution in [0.15, 0.2) is 18.2 Å². The number of nitrogens with two attached hydrogens (primary N) is 1. The number of methoxy groups -OCH3 is 1. The monoisotopic (exact) mass is 287 g/mol. The number of anilines is 1. The minimum Gasteiger partial charge on any atom is -0.465 e. The van der Waals surface area contributed by atoms with E-state index in [1.54, 1.807) is 0 Å². The van der Waals surface area contributed by atoms with E-state index in [-0.39, 0.29) is 30.0 Å². The molecule has 1 aromatic rings. The number of ether oxygens (including phenoxy) is 1. The molecule has 1 aliphatic rings. The van der Waals surface area contributed by atoms with Crippen molar-refractivity contribution in [2.45, 2.75) is 6.42 Å². The molecule has 0 aromatic heterocycles. The molecule has 2 amide bonds. The lowest BCUT2D eigenvalue weighted by Gasteiger charge is -2.18. The number of nitrogens with zero attached hydrogens (tertiary/aromatic N) is 2. The number of carbonyl (C=O) groups is 3. The highest BCUT2D eigenvalue weighted by Gasteiger charge is 2.35. The summed E-state index contributed by atoms with van der Waals surface area (Å²) in [6.07, 6.45) is 0.0267. The van der Waals surface area contributed by atoms with Gasteiger partial charge in [-0.2, -0.15) is 5.26 Å². The maximum absolute atomic E-state index is 11.9. The largest absolute Gasteiger partial charge is 0.465 e. The maximum atomic E-state index is 11.9. The fourth-order valence-corrected chi connectivity index (χ4v) is 2.24. The molecule has 0 bridgehead atoms. The van der Waals surface area contributed by atoms with E-state index in [1.165, 1.54) is 30.2 Å². The van der Waals surface area contributed by atoms with Gasteiger partial charge in [0.2, 0.25) is 11.8 Å². The first-order valence-electron chi connectivity index (χ1n) is 6.20. The van der Waals surface area contributed by atoms with Gasteiger partial charge in [0.1, 0.15) is 6.07 Å². The fraction of sp³-hybridized carbons (Fsp3) is 0.286. The number of nitriles is 1. The lowest BCUT2D eigenvalue weighted by atomic mass is 10.1. The number of hydrogen-bond acceptors (Lipinski definition) is 5. The summed E-state index contributed by atoms with van der Waals surface area (Å²) in [4.78, 5) is 35.9. The Labute approximate surface area is 120 Å². The van der Waals surface area contributed by atoms with Crippen molar-refractivity contribution in [2.75, 3.05) is 18.6 Å². The van der Waals surface area contributed by atoms with Crippen LogP contribution in [0.5, 0.6) is 0 Å². The van der Waals surface area contributed by atoms with Crippen molar-refractivity contribution >= 4 is 23.5 Å². The summed E-state index contributed by atoms with van der Waals surface area (Å²) in [5, 5.41) is 9.19. The summed E-state index contributed by atoms with van der Waals surface area (Å²) in [5.41, 5.74) is 5.95. The smallest absolute Gasteiger partial charge is 0.337 e. The van der Waals surface area contributed by atoms with Crippen molar-refractivity contribution in [3.8, 4) is 6.07 Å². The Morgan fingerprint density at radius 3 is 2.71 bits per heavy atom. The Hall–Kier alpha value is -2.88. The third-order valence-electron chi connectivity index (χ3n) is 3.36. The standard InChI is InChI=1S/C14H13N3O4/c1-21-14(20)8-2-3-11(9(4-8)6-15)17-7-10(13(16)19)5-12(17)18/h2-4,10H,5,7H2,1H3,(H2,16,19). The molecule has 2 rings (SSSR count). The average molecular weight is 287 g/mol. The van der Waals surface area contributed by atoms with Crippen molar-refractivity contribution in [3.05, 3.63) is 29.3 Å². The number of hydrogen-bond donors (Lipinski definition) is 1. The molecule has 7 nitrogen and oxygen atoms in total. The van der Waals surface area contributed by atoms with E-state index in [4.69, 9.17) is 5.73 Å². The van der Waals surface area contributed by atoms with E-state index in [0.717, 1.165) is 0 Å². The molecule has 21 heavy (non-hydrogen) atoms. The van der Waals surface area contributed by atoms with Crippen molar-refractivity contribution < 1.29 is 19.1 Å². The van der Waals surface area contributed by atoms with Crippen molar-refractivity contribution in [3.63, 3.8) is 0 Å². The molecule has 1 aliphatic heterocycles. The molecule has 1 atom stereocenters. The minimum absolute atomic E-state index is 0.0267. The van der Waals surface area contributed by atoms with Crippen LogP contribution in [0.3, 0.4) is 0 Å². The van der Waals surface area contributed by atoms with Gasteiger partial charge in [0, 0.05) is 13.0 Å². The highest BCUT2D eigenvalue weighted by Crippen LogP contribution is 2.28. The van der Waals surface area contributed by atoms with Crippen LogP contribution >= 0.6 is 0 Å². The number of rotatable bonds is 3. The Kier molecular flexibility index (Phi) is 3.89. The van der Waals surface area contributed by atoms with Crippen LogP contribution in [0.1, 0.15) is 22.3 Å². The summed E-state index contributed by atoms with van der Waals surface area (Å²) in [6.45, 7) is 0.139. The minimum atomic E-state index is -0.569.